The van der Waals surface area contributed by atoms with Gasteiger partial charge in [0, 0.05) is 0 Å². The van der Waals surface area contributed by atoms with Gasteiger partial charge in [-0.05, 0) is 36.5 Å². The van der Waals surface area contributed by atoms with Crippen LogP contribution in [0.4, 0.5) is 0 Å². The molecule has 0 aromatic heterocycles. The van der Waals surface area contributed by atoms with Crippen LogP contribution in [0.5, 0.6) is 0 Å². The summed E-state index contributed by atoms with van der Waals surface area (Å²) in [6.45, 7) is 11.1. The van der Waals surface area contributed by atoms with Gasteiger partial charge in [0.15, 0.2) is 0 Å². The zero-order valence-corrected chi connectivity index (χ0v) is 9.67. The van der Waals surface area contributed by atoms with E-state index >= 15 is 0 Å². The molecule has 1 nitrogen and oxygen atoms in total. The van der Waals surface area contributed by atoms with Gasteiger partial charge in [-0.1, -0.05) is 34.6 Å². The van der Waals surface area contributed by atoms with Gasteiger partial charge in [0.05, 0.1) is 5.60 Å². The molecule has 1 aliphatic carbocycles. The Kier molecular flexibility index (Phi) is 3.06. The zero-order chi connectivity index (χ0) is 10.2. The first kappa shape index (κ1) is 11.0. The van der Waals surface area contributed by atoms with Gasteiger partial charge in [-0.15, -0.1) is 0 Å². The fourth-order valence-electron chi connectivity index (χ4n) is 2.31. The van der Waals surface area contributed by atoms with Crippen LogP contribution >= 0.6 is 0 Å². The van der Waals surface area contributed by atoms with Gasteiger partial charge >= 0.3 is 0 Å². The van der Waals surface area contributed by atoms with Gasteiger partial charge in [-0.25, -0.2) is 0 Å². The molecule has 0 spiro atoms. The molecule has 0 aromatic rings. The molecule has 0 bridgehead atoms. The second kappa shape index (κ2) is 3.61. The Morgan fingerprint density at radius 1 is 1.08 bits per heavy atom. The highest BCUT2D eigenvalue weighted by atomic mass is 16.3. The second-order valence-electron chi connectivity index (χ2n) is 5.55. The van der Waals surface area contributed by atoms with Crippen molar-refractivity contribution in [1.29, 1.82) is 0 Å². The van der Waals surface area contributed by atoms with Crippen LogP contribution in [-0.4, -0.2) is 10.7 Å². The summed E-state index contributed by atoms with van der Waals surface area (Å²) in [6.07, 6.45) is 2.04. The van der Waals surface area contributed by atoms with Crippen molar-refractivity contribution in [2.24, 2.45) is 23.7 Å². The third kappa shape index (κ3) is 2.07. The summed E-state index contributed by atoms with van der Waals surface area (Å²) in [6, 6.07) is 0. The topological polar surface area (TPSA) is 20.2 Å². The summed E-state index contributed by atoms with van der Waals surface area (Å²) >= 11 is 0. The van der Waals surface area contributed by atoms with E-state index in [-0.39, 0.29) is 5.60 Å². The first-order chi connectivity index (χ1) is 5.87. The first-order valence-electron chi connectivity index (χ1n) is 5.59. The molecule has 0 radical (unpaired) electrons. The highest BCUT2D eigenvalue weighted by molar-refractivity contribution is 4.98. The van der Waals surface area contributed by atoms with E-state index in [1.807, 2.05) is 0 Å². The Bertz CT molecular complexity index is 166. The van der Waals surface area contributed by atoms with E-state index in [9.17, 15) is 5.11 Å². The van der Waals surface area contributed by atoms with E-state index in [0.717, 1.165) is 24.7 Å². The quantitative estimate of drug-likeness (QED) is 0.714. The lowest BCUT2D eigenvalue weighted by Crippen LogP contribution is -2.51. The Labute approximate surface area is 82.5 Å². The standard InChI is InChI=1S/C12H24O/c1-8(2)10(5)12(13)6-11(7-12)9(3)4/h8-11,13H,6-7H2,1-5H3. The molecule has 0 aromatic carbocycles. The Morgan fingerprint density at radius 3 is 1.85 bits per heavy atom. The molecular weight excluding hydrogens is 160 g/mol. The van der Waals surface area contributed by atoms with Crippen LogP contribution in [0.15, 0.2) is 0 Å². The molecule has 78 valence electrons. The van der Waals surface area contributed by atoms with E-state index in [1.54, 1.807) is 0 Å². The number of hydrogen-bond acceptors (Lipinski definition) is 1. The Morgan fingerprint density at radius 2 is 1.54 bits per heavy atom. The molecule has 1 aliphatic rings. The molecule has 0 heterocycles. The van der Waals surface area contributed by atoms with Crippen molar-refractivity contribution in [3.05, 3.63) is 0 Å². The summed E-state index contributed by atoms with van der Waals surface area (Å²) in [5.74, 6) is 2.53. The molecule has 1 rings (SSSR count). The van der Waals surface area contributed by atoms with Crippen molar-refractivity contribution in [3.63, 3.8) is 0 Å². The monoisotopic (exact) mass is 184 g/mol. The molecule has 13 heavy (non-hydrogen) atoms. The van der Waals surface area contributed by atoms with Crippen LogP contribution < -0.4 is 0 Å². The van der Waals surface area contributed by atoms with Crippen molar-refractivity contribution in [2.75, 3.05) is 0 Å². The maximum Gasteiger partial charge on any atom is 0.0681 e. The lowest BCUT2D eigenvalue weighted by molar-refractivity contribution is -0.134. The van der Waals surface area contributed by atoms with Crippen molar-refractivity contribution in [1.82, 2.24) is 0 Å². The van der Waals surface area contributed by atoms with Crippen LogP contribution in [0.25, 0.3) is 0 Å². The highest BCUT2D eigenvalue weighted by Crippen LogP contribution is 2.48. The second-order valence-corrected chi connectivity index (χ2v) is 5.55. The van der Waals surface area contributed by atoms with E-state index in [1.165, 1.54) is 0 Å². The third-order valence-electron chi connectivity index (χ3n) is 4.02. The van der Waals surface area contributed by atoms with Crippen LogP contribution in [0, 0.1) is 23.7 Å². The Hall–Kier alpha value is -0.0400. The third-order valence-corrected chi connectivity index (χ3v) is 4.02. The average molecular weight is 184 g/mol. The predicted molar refractivity (Wildman–Crippen MR) is 56.5 cm³/mol. The van der Waals surface area contributed by atoms with E-state index < -0.39 is 0 Å². The number of aliphatic hydroxyl groups is 1. The van der Waals surface area contributed by atoms with Gasteiger partial charge in [-0.3, -0.25) is 0 Å². The van der Waals surface area contributed by atoms with E-state index in [2.05, 4.69) is 34.6 Å². The Balaban J connectivity index is 2.46. The number of hydrogen-bond donors (Lipinski definition) is 1. The van der Waals surface area contributed by atoms with Crippen LogP contribution in [0.2, 0.25) is 0 Å². The van der Waals surface area contributed by atoms with Crippen molar-refractivity contribution in [2.45, 2.75) is 53.1 Å². The molecule has 1 unspecified atom stereocenters. The van der Waals surface area contributed by atoms with Gasteiger partial charge in [0.25, 0.3) is 0 Å². The number of rotatable bonds is 3. The van der Waals surface area contributed by atoms with E-state index in [0.29, 0.717) is 11.8 Å². The minimum Gasteiger partial charge on any atom is -0.390 e. The lowest BCUT2D eigenvalue weighted by Gasteiger charge is -2.50. The van der Waals surface area contributed by atoms with E-state index in [4.69, 9.17) is 0 Å². The van der Waals surface area contributed by atoms with Crippen molar-refractivity contribution < 1.29 is 5.11 Å². The van der Waals surface area contributed by atoms with Gasteiger partial charge in [0.1, 0.15) is 0 Å². The summed E-state index contributed by atoms with van der Waals surface area (Å²) in [5.41, 5.74) is -0.344. The summed E-state index contributed by atoms with van der Waals surface area (Å²) < 4.78 is 0. The zero-order valence-electron chi connectivity index (χ0n) is 9.67. The highest BCUT2D eigenvalue weighted by Gasteiger charge is 2.47. The fourth-order valence-corrected chi connectivity index (χ4v) is 2.31. The van der Waals surface area contributed by atoms with Gasteiger partial charge < -0.3 is 5.11 Å². The molecule has 0 amide bonds. The normalized spacial score (nSPS) is 36.5. The first-order valence-corrected chi connectivity index (χ1v) is 5.59. The molecule has 0 aliphatic heterocycles. The lowest BCUT2D eigenvalue weighted by atomic mass is 9.59. The molecule has 0 saturated heterocycles. The van der Waals surface area contributed by atoms with Crippen LogP contribution in [0.3, 0.4) is 0 Å². The van der Waals surface area contributed by atoms with Gasteiger partial charge in [0.2, 0.25) is 0 Å². The molecular formula is C12H24O. The largest absolute Gasteiger partial charge is 0.390 e. The predicted octanol–water partition coefficient (Wildman–Crippen LogP) is 3.08. The summed E-state index contributed by atoms with van der Waals surface area (Å²) in [7, 11) is 0. The molecule has 1 N–H and O–H groups in total. The smallest absolute Gasteiger partial charge is 0.0681 e. The SMILES string of the molecule is CC(C)C1CC(O)(C(C)C(C)C)C1. The summed E-state index contributed by atoms with van der Waals surface area (Å²) in [5, 5.41) is 10.3. The van der Waals surface area contributed by atoms with Crippen molar-refractivity contribution >= 4 is 0 Å². The maximum atomic E-state index is 10.3. The minimum atomic E-state index is -0.344. The van der Waals surface area contributed by atoms with Crippen LogP contribution in [-0.2, 0) is 0 Å². The molecule has 1 heteroatoms. The molecule has 1 atom stereocenters. The van der Waals surface area contributed by atoms with Crippen molar-refractivity contribution in [3.8, 4) is 0 Å². The minimum absolute atomic E-state index is 0.344. The van der Waals surface area contributed by atoms with Crippen LogP contribution in [0.1, 0.15) is 47.5 Å². The maximum absolute atomic E-state index is 10.3. The fraction of sp³-hybridized carbons (Fsp3) is 1.00. The molecule has 1 fully saturated rings. The van der Waals surface area contributed by atoms with Gasteiger partial charge in [-0.2, -0.15) is 0 Å². The molecule has 1 saturated carbocycles. The summed E-state index contributed by atoms with van der Waals surface area (Å²) in [4.78, 5) is 0. The average Bonchev–Trinajstić information content (AvgIpc) is 1.96.